The number of benzene rings is 2. The molecule has 0 unspecified atom stereocenters. The molecule has 2 fully saturated rings. The number of aromatic amines is 2. The van der Waals surface area contributed by atoms with Crippen LogP contribution in [0.3, 0.4) is 0 Å². The van der Waals surface area contributed by atoms with Gasteiger partial charge in [-0.25, -0.2) is 36.2 Å². The number of anilines is 1. The number of hydrogen-bond acceptors (Lipinski definition) is 10. The minimum absolute atomic E-state index is 0.00847. The maximum atomic E-state index is 11.9. The highest BCUT2D eigenvalue weighted by atomic mass is 32.2. The van der Waals surface area contributed by atoms with E-state index in [-0.39, 0.29) is 11.5 Å². The van der Waals surface area contributed by atoms with Crippen LogP contribution in [0.4, 0.5) is 5.82 Å². The number of aryl methyl sites for hydroxylation is 2. The average molecular weight is 794 g/mol. The van der Waals surface area contributed by atoms with Crippen LogP contribution in [0.2, 0.25) is 0 Å². The summed E-state index contributed by atoms with van der Waals surface area (Å²) in [5, 5.41) is 2.35. The number of piperazine rings is 1. The van der Waals surface area contributed by atoms with E-state index < -0.39 is 20.0 Å². The molecule has 14 nitrogen and oxygen atoms in total. The number of nitrogens with zero attached hydrogens (tertiary/aromatic N) is 5. The van der Waals surface area contributed by atoms with Gasteiger partial charge in [0.2, 0.25) is 20.0 Å². The average Bonchev–Trinajstić information content (AvgIpc) is 3.81. The Kier molecular flexibility index (Phi) is 13.5. The molecule has 5 aromatic rings. The summed E-state index contributed by atoms with van der Waals surface area (Å²) in [5.74, 6) is 2.28. The van der Waals surface area contributed by atoms with Crippen LogP contribution in [0, 0.1) is 0 Å². The van der Waals surface area contributed by atoms with Gasteiger partial charge in [-0.3, -0.25) is 4.90 Å². The minimum atomic E-state index is -3.28. The van der Waals surface area contributed by atoms with Crippen LogP contribution in [0.5, 0.6) is 5.75 Å². The highest BCUT2D eigenvalue weighted by molar-refractivity contribution is 7.89. The third-order valence-corrected chi connectivity index (χ3v) is 13.6. The number of nitrogens with one attached hydrogen (secondary N) is 4. The van der Waals surface area contributed by atoms with Crippen molar-refractivity contribution in [1.82, 2.24) is 39.2 Å². The molecule has 2 aliphatic heterocycles. The predicted octanol–water partition coefficient (Wildman–Crippen LogP) is 3.84. The van der Waals surface area contributed by atoms with Crippen LogP contribution in [-0.4, -0.2) is 126 Å². The Labute approximate surface area is 325 Å². The number of aromatic nitrogens is 4. The van der Waals surface area contributed by atoms with Crippen LogP contribution < -0.4 is 19.1 Å². The fourth-order valence-corrected chi connectivity index (χ4v) is 9.01. The molecule has 55 heavy (non-hydrogen) atoms. The number of rotatable bonds is 14. The topological polar surface area (TPSA) is 169 Å². The Morgan fingerprint density at radius 3 is 2.22 bits per heavy atom. The van der Waals surface area contributed by atoms with Crippen LogP contribution >= 0.6 is 0 Å². The number of hydrogen-bond donors (Lipinski definition) is 4. The smallest absolute Gasteiger partial charge is 0.215 e. The van der Waals surface area contributed by atoms with E-state index in [1.807, 2.05) is 30.5 Å². The summed E-state index contributed by atoms with van der Waals surface area (Å²) in [6.07, 6.45) is 12.3. The van der Waals surface area contributed by atoms with Crippen molar-refractivity contribution in [1.29, 1.82) is 0 Å². The van der Waals surface area contributed by atoms with Gasteiger partial charge in [0.15, 0.2) is 11.6 Å². The summed E-state index contributed by atoms with van der Waals surface area (Å²) in [6.45, 7) is 7.07. The van der Waals surface area contributed by atoms with Crippen LogP contribution in [0.25, 0.3) is 21.8 Å². The second-order valence-corrected chi connectivity index (χ2v) is 18.5. The van der Waals surface area contributed by atoms with Gasteiger partial charge in [-0.2, -0.15) is 0 Å². The van der Waals surface area contributed by atoms with Gasteiger partial charge in [0.05, 0.1) is 24.8 Å². The van der Waals surface area contributed by atoms with Gasteiger partial charge in [0, 0.05) is 60.4 Å². The van der Waals surface area contributed by atoms with E-state index >= 15 is 0 Å². The molecule has 0 spiro atoms. The maximum absolute atomic E-state index is 11.9. The van der Waals surface area contributed by atoms with Crippen molar-refractivity contribution >= 4 is 47.7 Å². The van der Waals surface area contributed by atoms with E-state index in [1.54, 1.807) is 19.6 Å². The normalized spacial score (nSPS) is 16.4. The van der Waals surface area contributed by atoms with E-state index in [0.29, 0.717) is 18.1 Å². The first-order chi connectivity index (χ1) is 26.5. The van der Waals surface area contributed by atoms with Crippen molar-refractivity contribution in [3.8, 4) is 5.75 Å². The minimum Gasteiger partial charge on any atom is -0.491 e. The molecular weight excluding hydrogens is 739 g/mol. The van der Waals surface area contributed by atoms with E-state index in [4.69, 9.17) is 4.74 Å². The molecule has 4 N–H and O–H groups in total. The second-order valence-electron chi connectivity index (χ2n) is 14.5. The van der Waals surface area contributed by atoms with E-state index in [0.717, 1.165) is 92.0 Å². The first-order valence-corrected chi connectivity index (χ1v) is 22.3. The Morgan fingerprint density at radius 1 is 0.836 bits per heavy atom. The van der Waals surface area contributed by atoms with Gasteiger partial charge in [-0.05, 0) is 125 Å². The van der Waals surface area contributed by atoms with Gasteiger partial charge >= 0.3 is 0 Å². The highest BCUT2D eigenvalue weighted by Gasteiger charge is 2.22. The van der Waals surface area contributed by atoms with Gasteiger partial charge in [-0.15, -0.1) is 0 Å². The molecule has 298 valence electrons. The summed E-state index contributed by atoms with van der Waals surface area (Å²) in [4.78, 5) is 22.2. The lowest BCUT2D eigenvalue weighted by Gasteiger charge is -2.35. The number of likely N-dealkylation sites (tertiary alicyclic amines) is 1. The predicted molar refractivity (Wildman–Crippen MR) is 220 cm³/mol. The number of fused-ring (bicyclic) bond motifs is 2. The Morgan fingerprint density at radius 2 is 1.51 bits per heavy atom. The fourth-order valence-electron chi connectivity index (χ4n) is 7.54. The van der Waals surface area contributed by atoms with E-state index in [2.05, 4.69) is 69.5 Å². The zero-order chi connectivity index (χ0) is 39.0. The number of ether oxygens (including phenoxy) is 1. The van der Waals surface area contributed by atoms with Crippen molar-refractivity contribution in [3.63, 3.8) is 0 Å². The molecule has 2 aromatic carbocycles. The molecule has 3 aromatic heterocycles. The van der Waals surface area contributed by atoms with Crippen molar-refractivity contribution in [2.75, 3.05) is 84.7 Å². The lowest BCUT2D eigenvalue weighted by atomic mass is 9.89. The van der Waals surface area contributed by atoms with Crippen LogP contribution in [-0.2, 0) is 38.6 Å². The number of piperidine rings is 1. The standard InChI is InChI=1S/C22H30N6O3S.C17H25N3O2S/c1-23-32(29,30)15-17-5-6-20-19(12-17)18(13-25-20)4-3-7-27-8-10-28(11-9-27)22-21(31-2)14-24-16-26-22;1-18-23(21,22)10-7-13-3-4-17-15(11-13)16(12-19-17)14-5-8-20(2)9-6-14/h5-6,12-14,16,23,25H,3-4,7-11,15H2,1-2H3;3-4,11-12,14,18-19H,5-10H2,1-2H3. The summed E-state index contributed by atoms with van der Waals surface area (Å²) in [7, 11) is 0.280. The van der Waals surface area contributed by atoms with Gasteiger partial charge in [0.1, 0.15) is 6.33 Å². The SMILES string of the molecule is CNS(=O)(=O)CCc1ccc2[nH]cc(C3CCN(C)CC3)c2c1.CNS(=O)(=O)Cc1ccc2[nH]cc(CCCN3CCN(c4ncncc4OC)CC3)c2c1. The Hall–Kier alpha value is -4.06. The molecule has 5 heterocycles. The van der Waals surface area contributed by atoms with Crippen molar-refractivity contribution in [2.24, 2.45) is 0 Å². The van der Waals surface area contributed by atoms with Gasteiger partial charge < -0.3 is 24.5 Å². The van der Waals surface area contributed by atoms with Crippen LogP contribution in [0.1, 0.15) is 47.4 Å². The van der Waals surface area contributed by atoms with Crippen molar-refractivity contribution < 1.29 is 21.6 Å². The summed E-state index contributed by atoms with van der Waals surface area (Å²) in [5.41, 5.74) is 6.66. The molecule has 0 bridgehead atoms. The number of sulfonamides is 2. The van der Waals surface area contributed by atoms with Gasteiger partial charge in [0.25, 0.3) is 0 Å². The van der Waals surface area contributed by atoms with E-state index in [9.17, 15) is 16.8 Å². The zero-order valence-electron chi connectivity index (χ0n) is 32.3. The molecule has 2 saturated heterocycles. The molecular formula is C39H55N9O5S2. The lowest BCUT2D eigenvalue weighted by molar-refractivity contribution is 0.253. The van der Waals surface area contributed by atoms with Crippen molar-refractivity contribution in [2.45, 2.75) is 43.8 Å². The Bertz CT molecular complexity index is 2240. The number of methoxy groups -OCH3 is 1. The first kappa shape index (κ1) is 40.6. The maximum Gasteiger partial charge on any atom is 0.215 e. The monoisotopic (exact) mass is 793 g/mol. The third-order valence-electron chi connectivity index (χ3n) is 10.9. The molecule has 0 saturated carbocycles. The quantitative estimate of drug-likeness (QED) is 0.130. The molecule has 16 heteroatoms. The van der Waals surface area contributed by atoms with E-state index in [1.165, 1.54) is 43.5 Å². The molecule has 7 rings (SSSR count). The first-order valence-electron chi connectivity index (χ1n) is 19.0. The lowest BCUT2D eigenvalue weighted by Crippen LogP contribution is -2.47. The molecule has 2 aliphatic rings. The zero-order valence-corrected chi connectivity index (χ0v) is 34.0. The summed E-state index contributed by atoms with van der Waals surface area (Å²) >= 11 is 0. The Balaban J connectivity index is 0.000000197. The molecule has 0 aliphatic carbocycles. The molecule has 0 radical (unpaired) electrons. The fraction of sp³-hybridized carbons (Fsp3) is 0.487. The largest absolute Gasteiger partial charge is 0.491 e. The summed E-state index contributed by atoms with van der Waals surface area (Å²) in [6, 6.07) is 12.1. The highest BCUT2D eigenvalue weighted by Crippen LogP contribution is 2.33. The van der Waals surface area contributed by atoms with Gasteiger partial charge in [-0.1, -0.05) is 12.1 Å². The summed E-state index contributed by atoms with van der Waals surface area (Å²) < 4.78 is 57.1. The second kappa shape index (κ2) is 18.3. The third kappa shape index (κ3) is 10.6. The van der Waals surface area contributed by atoms with Crippen molar-refractivity contribution in [3.05, 3.63) is 83.6 Å². The van der Waals surface area contributed by atoms with Crippen LogP contribution in [0.15, 0.2) is 61.3 Å². The molecule has 0 amide bonds. The number of H-pyrrole nitrogens is 2. The molecule has 0 atom stereocenters.